The van der Waals surface area contributed by atoms with Gasteiger partial charge in [0, 0.05) is 24.9 Å². The Balaban J connectivity index is 2.30. The number of esters is 1. The molecule has 4 heteroatoms. The maximum absolute atomic E-state index is 10.9. The van der Waals surface area contributed by atoms with Crippen molar-refractivity contribution in [2.75, 3.05) is 7.11 Å². The summed E-state index contributed by atoms with van der Waals surface area (Å²) in [4.78, 5) is 14.8. The minimum absolute atomic E-state index is 0.00787. The van der Waals surface area contributed by atoms with E-state index in [9.17, 15) is 4.79 Å². The number of hydrogen-bond acceptors (Lipinski definition) is 4. The molecule has 0 saturated heterocycles. The summed E-state index contributed by atoms with van der Waals surface area (Å²) in [7, 11) is 1.39. The Morgan fingerprint density at radius 2 is 2.20 bits per heavy atom. The van der Waals surface area contributed by atoms with E-state index in [-0.39, 0.29) is 12.0 Å². The van der Waals surface area contributed by atoms with Crippen LogP contribution in [0.4, 0.5) is 0 Å². The molecule has 1 aromatic heterocycles. The minimum atomic E-state index is -0.208. The van der Waals surface area contributed by atoms with Crippen LogP contribution in [0.3, 0.4) is 0 Å². The highest BCUT2D eigenvalue weighted by atomic mass is 16.5. The maximum Gasteiger partial charge on any atom is 0.305 e. The van der Waals surface area contributed by atoms with E-state index in [2.05, 4.69) is 9.72 Å². The Kier molecular flexibility index (Phi) is 4.77. The van der Waals surface area contributed by atoms with Gasteiger partial charge in [0.05, 0.1) is 7.11 Å². The van der Waals surface area contributed by atoms with Crippen LogP contribution in [0.25, 0.3) is 0 Å². The van der Waals surface area contributed by atoms with Crippen molar-refractivity contribution in [1.29, 1.82) is 0 Å². The van der Waals surface area contributed by atoms with Gasteiger partial charge in [0.15, 0.2) is 0 Å². The molecule has 1 rings (SSSR count). The van der Waals surface area contributed by atoms with Crippen molar-refractivity contribution in [3.05, 3.63) is 30.1 Å². The van der Waals surface area contributed by atoms with Gasteiger partial charge in [-0.1, -0.05) is 0 Å². The molecule has 0 aliphatic rings. The highest BCUT2D eigenvalue weighted by Gasteiger charge is 2.07. The molecule has 0 aliphatic heterocycles. The Labute approximate surface area is 89.5 Å². The van der Waals surface area contributed by atoms with E-state index < -0.39 is 0 Å². The molecule has 1 atom stereocenters. The van der Waals surface area contributed by atoms with Crippen LogP contribution in [0.15, 0.2) is 24.5 Å². The molecule has 0 saturated carbocycles. The largest absolute Gasteiger partial charge is 0.469 e. The van der Waals surface area contributed by atoms with E-state index in [0.717, 1.165) is 12.0 Å². The maximum atomic E-state index is 10.9. The van der Waals surface area contributed by atoms with Gasteiger partial charge in [0.25, 0.3) is 0 Å². The van der Waals surface area contributed by atoms with Crippen molar-refractivity contribution in [1.82, 2.24) is 4.98 Å². The predicted molar refractivity (Wildman–Crippen MR) is 57.2 cm³/mol. The molecule has 0 amide bonds. The fourth-order valence-electron chi connectivity index (χ4n) is 1.33. The average molecular weight is 208 g/mol. The van der Waals surface area contributed by atoms with Crippen LogP contribution in [-0.4, -0.2) is 24.1 Å². The van der Waals surface area contributed by atoms with Crippen LogP contribution in [0.2, 0.25) is 0 Å². The van der Waals surface area contributed by atoms with Crippen molar-refractivity contribution in [2.45, 2.75) is 25.3 Å². The predicted octanol–water partition coefficient (Wildman–Crippen LogP) is 0.905. The molecular formula is C11H16N2O2. The van der Waals surface area contributed by atoms with Crippen molar-refractivity contribution < 1.29 is 9.53 Å². The number of carbonyl (C=O) groups is 1. The van der Waals surface area contributed by atoms with Crippen molar-refractivity contribution in [3.8, 4) is 0 Å². The zero-order valence-electron chi connectivity index (χ0n) is 8.85. The molecule has 15 heavy (non-hydrogen) atoms. The Morgan fingerprint density at radius 3 is 2.80 bits per heavy atom. The second-order valence-corrected chi connectivity index (χ2v) is 3.43. The quantitative estimate of drug-likeness (QED) is 0.730. The lowest BCUT2D eigenvalue weighted by Gasteiger charge is -2.10. The van der Waals surface area contributed by atoms with Crippen LogP contribution in [0, 0.1) is 0 Å². The van der Waals surface area contributed by atoms with E-state index in [4.69, 9.17) is 5.73 Å². The van der Waals surface area contributed by atoms with Gasteiger partial charge in [-0.05, 0) is 30.5 Å². The van der Waals surface area contributed by atoms with Gasteiger partial charge in [0.1, 0.15) is 0 Å². The number of rotatable bonds is 5. The first-order valence-corrected chi connectivity index (χ1v) is 4.93. The number of nitrogens with zero attached hydrogens (tertiary/aromatic N) is 1. The molecule has 0 aromatic carbocycles. The third-order valence-electron chi connectivity index (χ3n) is 2.19. The van der Waals surface area contributed by atoms with E-state index in [0.29, 0.717) is 12.8 Å². The van der Waals surface area contributed by atoms with E-state index in [1.807, 2.05) is 12.1 Å². The van der Waals surface area contributed by atoms with E-state index in [1.165, 1.54) is 7.11 Å². The number of pyridine rings is 1. The molecule has 0 aliphatic carbocycles. The van der Waals surface area contributed by atoms with Crippen molar-refractivity contribution in [3.63, 3.8) is 0 Å². The van der Waals surface area contributed by atoms with Gasteiger partial charge in [0.2, 0.25) is 0 Å². The summed E-state index contributed by atoms with van der Waals surface area (Å²) in [5.41, 5.74) is 7.02. The lowest BCUT2D eigenvalue weighted by molar-refractivity contribution is -0.140. The first-order chi connectivity index (χ1) is 7.22. The SMILES string of the molecule is COC(=O)CCC(N)Cc1ccncc1. The standard InChI is InChI=1S/C11H16N2O2/c1-15-11(14)3-2-10(12)8-9-4-6-13-7-5-9/h4-7,10H,2-3,8,12H2,1H3. The number of ether oxygens (including phenoxy) is 1. The van der Waals surface area contributed by atoms with Crippen LogP contribution >= 0.6 is 0 Å². The summed E-state index contributed by atoms with van der Waals surface area (Å²) >= 11 is 0. The van der Waals surface area contributed by atoms with Gasteiger partial charge in [-0.25, -0.2) is 0 Å². The van der Waals surface area contributed by atoms with Gasteiger partial charge >= 0.3 is 5.97 Å². The number of carbonyl (C=O) groups excluding carboxylic acids is 1. The lowest BCUT2D eigenvalue weighted by atomic mass is 10.0. The van der Waals surface area contributed by atoms with E-state index in [1.54, 1.807) is 12.4 Å². The molecule has 82 valence electrons. The fraction of sp³-hybridized carbons (Fsp3) is 0.455. The number of methoxy groups -OCH3 is 1. The normalized spacial score (nSPS) is 12.1. The zero-order chi connectivity index (χ0) is 11.1. The molecule has 0 spiro atoms. The molecular weight excluding hydrogens is 192 g/mol. The number of nitrogens with two attached hydrogens (primary N) is 1. The Morgan fingerprint density at radius 1 is 1.53 bits per heavy atom. The number of aromatic nitrogens is 1. The molecule has 1 aromatic rings. The highest BCUT2D eigenvalue weighted by molar-refractivity contribution is 5.69. The van der Waals surface area contributed by atoms with Gasteiger partial charge < -0.3 is 10.5 Å². The molecule has 2 N–H and O–H groups in total. The van der Waals surface area contributed by atoms with Gasteiger partial charge in [-0.15, -0.1) is 0 Å². The number of hydrogen-bond donors (Lipinski definition) is 1. The Bertz CT molecular complexity index is 301. The molecule has 4 nitrogen and oxygen atoms in total. The average Bonchev–Trinajstić information content (AvgIpc) is 2.27. The summed E-state index contributed by atoms with van der Waals surface area (Å²) in [6, 6.07) is 3.85. The summed E-state index contributed by atoms with van der Waals surface area (Å²) in [5.74, 6) is -0.208. The van der Waals surface area contributed by atoms with Gasteiger partial charge in [-0.2, -0.15) is 0 Å². The first-order valence-electron chi connectivity index (χ1n) is 4.93. The smallest absolute Gasteiger partial charge is 0.305 e. The molecule has 1 unspecified atom stereocenters. The topological polar surface area (TPSA) is 65.2 Å². The zero-order valence-corrected chi connectivity index (χ0v) is 8.85. The summed E-state index contributed by atoms with van der Waals surface area (Å²) in [6.45, 7) is 0. The second kappa shape index (κ2) is 6.14. The summed E-state index contributed by atoms with van der Waals surface area (Å²) < 4.78 is 4.55. The van der Waals surface area contributed by atoms with Crippen LogP contribution in [0.5, 0.6) is 0 Å². The summed E-state index contributed by atoms with van der Waals surface area (Å²) in [6.07, 6.45) is 5.27. The molecule has 1 heterocycles. The highest BCUT2D eigenvalue weighted by Crippen LogP contribution is 2.05. The van der Waals surface area contributed by atoms with Crippen molar-refractivity contribution >= 4 is 5.97 Å². The molecule has 0 fully saturated rings. The minimum Gasteiger partial charge on any atom is -0.469 e. The lowest BCUT2D eigenvalue weighted by Crippen LogP contribution is -2.24. The van der Waals surface area contributed by atoms with Crippen LogP contribution in [-0.2, 0) is 16.0 Å². The Hall–Kier alpha value is -1.42. The van der Waals surface area contributed by atoms with E-state index >= 15 is 0 Å². The first kappa shape index (κ1) is 11.7. The van der Waals surface area contributed by atoms with Gasteiger partial charge in [-0.3, -0.25) is 9.78 Å². The fourth-order valence-corrected chi connectivity index (χ4v) is 1.33. The molecule has 0 radical (unpaired) electrons. The third-order valence-corrected chi connectivity index (χ3v) is 2.19. The second-order valence-electron chi connectivity index (χ2n) is 3.43. The van der Waals surface area contributed by atoms with Crippen LogP contribution < -0.4 is 5.73 Å². The third kappa shape index (κ3) is 4.56. The van der Waals surface area contributed by atoms with Crippen molar-refractivity contribution in [2.24, 2.45) is 5.73 Å². The summed E-state index contributed by atoms with van der Waals surface area (Å²) in [5, 5.41) is 0. The molecule has 0 bridgehead atoms. The van der Waals surface area contributed by atoms with Crippen LogP contribution in [0.1, 0.15) is 18.4 Å². The monoisotopic (exact) mass is 208 g/mol.